The predicted octanol–water partition coefficient (Wildman–Crippen LogP) is 4.19. The van der Waals surface area contributed by atoms with Gasteiger partial charge in [0.15, 0.2) is 0 Å². The first-order valence-electron chi connectivity index (χ1n) is 7.20. The molecule has 122 valence electrons. The van der Waals surface area contributed by atoms with Crippen molar-refractivity contribution in [2.24, 2.45) is 0 Å². The van der Waals surface area contributed by atoms with Gasteiger partial charge in [-0.3, -0.25) is 14.5 Å². The molecule has 0 aromatic heterocycles. The molecule has 1 aromatic carbocycles. The van der Waals surface area contributed by atoms with Crippen molar-refractivity contribution in [3.63, 3.8) is 0 Å². The summed E-state index contributed by atoms with van der Waals surface area (Å²) in [5.74, 6) is -0.890. The highest BCUT2D eigenvalue weighted by Gasteiger charge is 2.31. The monoisotopic (exact) mass is 369 g/mol. The van der Waals surface area contributed by atoms with Crippen LogP contribution >= 0.6 is 35.6 Å². The van der Waals surface area contributed by atoms with Crippen molar-refractivity contribution in [3.05, 3.63) is 39.8 Å². The van der Waals surface area contributed by atoms with Crippen LogP contribution < -0.4 is 0 Å². The van der Waals surface area contributed by atoms with E-state index in [-0.39, 0.29) is 12.3 Å². The number of thiocarbonyl (C=S) groups is 1. The third kappa shape index (κ3) is 5.34. The van der Waals surface area contributed by atoms with Crippen molar-refractivity contribution in [2.45, 2.75) is 25.7 Å². The van der Waals surface area contributed by atoms with Gasteiger partial charge in [-0.15, -0.1) is 0 Å². The molecule has 4 nitrogen and oxygen atoms in total. The molecule has 1 aliphatic rings. The highest BCUT2D eigenvalue weighted by atomic mass is 35.5. The number of carboxylic acid groups (broad SMARTS) is 1. The summed E-state index contributed by atoms with van der Waals surface area (Å²) >= 11 is 12.5. The lowest BCUT2D eigenvalue weighted by molar-refractivity contribution is -0.137. The third-order valence-electron chi connectivity index (χ3n) is 3.29. The Kier molecular flexibility index (Phi) is 6.62. The second kappa shape index (κ2) is 8.47. The zero-order valence-electron chi connectivity index (χ0n) is 12.3. The number of rotatable bonds is 7. The largest absolute Gasteiger partial charge is 0.481 e. The SMILES string of the molecule is O=C(O)CCCCCN1C(=O)/C(=C\c2cccc(Cl)c2)SC1=S. The summed E-state index contributed by atoms with van der Waals surface area (Å²) < 4.78 is 0.543. The fourth-order valence-electron chi connectivity index (χ4n) is 2.16. The lowest BCUT2D eigenvalue weighted by Crippen LogP contribution is -2.29. The molecule has 1 amide bonds. The minimum atomic E-state index is -0.792. The van der Waals surface area contributed by atoms with E-state index in [0.29, 0.717) is 27.2 Å². The number of benzene rings is 1. The van der Waals surface area contributed by atoms with Crippen LogP contribution in [-0.2, 0) is 9.59 Å². The summed E-state index contributed by atoms with van der Waals surface area (Å²) in [6.07, 6.45) is 4.06. The van der Waals surface area contributed by atoms with Crippen LogP contribution in [-0.4, -0.2) is 32.7 Å². The number of thioether (sulfide) groups is 1. The Labute approximate surface area is 149 Å². The van der Waals surface area contributed by atoms with Crippen molar-refractivity contribution < 1.29 is 14.7 Å². The van der Waals surface area contributed by atoms with E-state index >= 15 is 0 Å². The van der Waals surface area contributed by atoms with E-state index < -0.39 is 5.97 Å². The van der Waals surface area contributed by atoms with Crippen molar-refractivity contribution in [1.29, 1.82) is 0 Å². The predicted molar refractivity (Wildman–Crippen MR) is 97.4 cm³/mol. The summed E-state index contributed by atoms with van der Waals surface area (Å²) in [6, 6.07) is 7.28. The van der Waals surface area contributed by atoms with E-state index in [1.807, 2.05) is 12.1 Å². The molecule has 1 saturated heterocycles. The van der Waals surface area contributed by atoms with E-state index in [2.05, 4.69) is 0 Å². The van der Waals surface area contributed by atoms with Gasteiger partial charge in [-0.25, -0.2) is 0 Å². The van der Waals surface area contributed by atoms with Crippen LogP contribution in [0.1, 0.15) is 31.2 Å². The van der Waals surface area contributed by atoms with Gasteiger partial charge in [0.05, 0.1) is 4.91 Å². The van der Waals surface area contributed by atoms with Gasteiger partial charge < -0.3 is 5.11 Å². The average Bonchev–Trinajstić information content (AvgIpc) is 2.74. The minimum Gasteiger partial charge on any atom is -0.481 e. The Morgan fingerprint density at radius 2 is 2.13 bits per heavy atom. The quantitative estimate of drug-likeness (QED) is 0.443. The van der Waals surface area contributed by atoms with Crippen LogP contribution in [0.5, 0.6) is 0 Å². The fraction of sp³-hybridized carbons (Fsp3) is 0.312. The van der Waals surface area contributed by atoms with Crippen LogP contribution in [0.3, 0.4) is 0 Å². The molecule has 0 unspecified atom stereocenters. The van der Waals surface area contributed by atoms with Crippen molar-refractivity contribution in [3.8, 4) is 0 Å². The maximum atomic E-state index is 12.4. The molecule has 0 atom stereocenters. The molecule has 23 heavy (non-hydrogen) atoms. The Bertz CT molecular complexity index is 660. The lowest BCUT2D eigenvalue weighted by Gasteiger charge is -2.13. The number of hydrogen-bond donors (Lipinski definition) is 1. The van der Waals surface area contributed by atoms with Gasteiger partial charge in [-0.05, 0) is 36.6 Å². The standard InChI is InChI=1S/C16H16ClNO3S2/c17-12-6-4-5-11(9-12)10-13-15(21)18(16(22)23-13)8-3-1-2-7-14(19)20/h4-6,9-10H,1-3,7-8H2,(H,19,20)/b13-10+. The Balaban J connectivity index is 1.93. The summed E-state index contributed by atoms with van der Waals surface area (Å²) in [5, 5.41) is 9.22. The molecule has 7 heteroatoms. The van der Waals surface area contributed by atoms with Crippen molar-refractivity contribution in [1.82, 2.24) is 4.90 Å². The van der Waals surface area contributed by atoms with Gasteiger partial charge >= 0.3 is 5.97 Å². The van der Waals surface area contributed by atoms with Crippen LogP contribution in [0.15, 0.2) is 29.2 Å². The Hall–Kier alpha value is -1.37. The molecule has 1 aliphatic heterocycles. The number of nitrogens with zero attached hydrogens (tertiary/aromatic N) is 1. The molecule has 0 saturated carbocycles. The van der Waals surface area contributed by atoms with Crippen molar-refractivity contribution >= 4 is 57.9 Å². The third-order valence-corrected chi connectivity index (χ3v) is 4.91. The van der Waals surface area contributed by atoms with E-state index in [0.717, 1.165) is 18.4 Å². The highest BCUT2D eigenvalue weighted by molar-refractivity contribution is 8.26. The van der Waals surface area contributed by atoms with Crippen LogP contribution in [0.25, 0.3) is 6.08 Å². The maximum absolute atomic E-state index is 12.4. The van der Waals surface area contributed by atoms with Gasteiger partial charge in [0.25, 0.3) is 5.91 Å². The van der Waals surface area contributed by atoms with Gasteiger partial charge in [0, 0.05) is 18.0 Å². The van der Waals surface area contributed by atoms with E-state index in [4.69, 9.17) is 28.9 Å². The number of carboxylic acids is 1. The molecule has 1 heterocycles. The first-order valence-corrected chi connectivity index (χ1v) is 8.80. The molecule has 0 aliphatic carbocycles. The zero-order valence-corrected chi connectivity index (χ0v) is 14.7. The maximum Gasteiger partial charge on any atom is 0.303 e. The number of carbonyl (C=O) groups excluding carboxylic acids is 1. The van der Waals surface area contributed by atoms with E-state index in [1.165, 1.54) is 11.8 Å². The molecule has 1 N–H and O–H groups in total. The molecule has 0 radical (unpaired) electrons. The molecular formula is C16H16ClNO3S2. The fourth-order valence-corrected chi connectivity index (χ4v) is 3.67. The average molecular weight is 370 g/mol. The summed E-state index contributed by atoms with van der Waals surface area (Å²) in [6.45, 7) is 0.525. The summed E-state index contributed by atoms with van der Waals surface area (Å²) in [4.78, 5) is 25.0. The number of unbranched alkanes of at least 4 members (excludes halogenated alkanes) is 2. The molecule has 1 fully saturated rings. The molecule has 0 spiro atoms. The molecular weight excluding hydrogens is 354 g/mol. The number of halogens is 1. The van der Waals surface area contributed by atoms with Gasteiger partial charge in [0.2, 0.25) is 0 Å². The van der Waals surface area contributed by atoms with Gasteiger partial charge in [-0.1, -0.05) is 54.1 Å². The molecule has 1 aromatic rings. The number of amides is 1. The Morgan fingerprint density at radius 3 is 2.83 bits per heavy atom. The molecule has 2 rings (SSSR count). The second-order valence-electron chi connectivity index (χ2n) is 5.09. The highest BCUT2D eigenvalue weighted by Crippen LogP contribution is 2.33. The first-order chi connectivity index (χ1) is 11.0. The van der Waals surface area contributed by atoms with E-state index in [1.54, 1.807) is 23.1 Å². The van der Waals surface area contributed by atoms with Crippen LogP contribution in [0, 0.1) is 0 Å². The number of carbonyl (C=O) groups is 2. The van der Waals surface area contributed by atoms with E-state index in [9.17, 15) is 9.59 Å². The number of aliphatic carboxylic acids is 1. The van der Waals surface area contributed by atoms with Gasteiger partial charge in [-0.2, -0.15) is 0 Å². The summed E-state index contributed by atoms with van der Waals surface area (Å²) in [5.41, 5.74) is 0.861. The minimum absolute atomic E-state index is 0.0989. The zero-order chi connectivity index (χ0) is 16.8. The lowest BCUT2D eigenvalue weighted by atomic mass is 10.2. The topological polar surface area (TPSA) is 57.6 Å². The van der Waals surface area contributed by atoms with Crippen molar-refractivity contribution in [2.75, 3.05) is 6.54 Å². The smallest absolute Gasteiger partial charge is 0.303 e. The first kappa shape index (κ1) is 18.0. The molecule has 0 bridgehead atoms. The number of hydrogen-bond acceptors (Lipinski definition) is 4. The van der Waals surface area contributed by atoms with Crippen LogP contribution in [0.4, 0.5) is 0 Å². The second-order valence-corrected chi connectivity index (χ2v) is 7.20. The van der Waals surface area contributed by atoms with Crippen LogP contribution in [0.2, 0.25) is 5.02 Å². The normalized spacial score (nSPS) is 16.4. The summed E-state index contributed by atoms with van der Waals surface area (Å²) in [7, 11) is 0. The van der Waals surface area contributed by atoms with Gasteiger partial charge in [0.1, 0.15) is 4.32 Å². The Morgan fingerprint density at radius 1 is 1.35 bits per heavy atom.